The summed E-state index contributed by atoms with van der Waals surface area (Å²) in [7, 11) is 0. The molecule has 2 aromatic rings. The Morgan fingerprint density at radius 1 is 1.20 bits per heavy atom. The van der Waals surface area contributed by atoms with E-state index >= 15 is 0 Å². The SMILES string of the molecule is FC(F)(F)c1ccc2nc(CCC3CCCC3)[nH]c2c1. The molecule has 1 fully saturated rings. The fourth-order valence-corrected chi connectivity index (χ4v) is 3.00. The predicted octanol–water partition coefficient (Wildman–Crippen LogP) is 4.70. The third-order valence-electron chi connectivity index (χ3n) is 4.12. The van der Waals surface area contributed by atoms with E-state index in [4.69, 9.17) is 0 Å². The number of halogens is 3. The summed E-state index contributed by atoms with van der Waals surface area (Å²) in [6, 6.07) is 3.67. The zero-order chi connectivity index (χ0) is 14.2. The third-order valence-corrected chi connectivity index (χ3v) is 4.12. The Morgan fingerprint density at radius 2 is 1.95 bits per heavy atom. The maximum Gasteiger partial charge on any atom is 0.416 e. The second-order valence-electron chi connectivity index (χ2n) is 5.60. The molecule has 1 N–H and O–H groups in total. The third kappa shape index (κ3) is 2.81. The Morgan fingerprint density at radius 3 is 2.65 bits per heavy atom. The van der Waals surface area contributed by atoms with Crippen molar-refractivity contribution in [2.75, 3.05) is 0 Å². The molecule has 1 aliphatic carbocycles. The lowest BCUT2D eigenvalue weighted by atomic mass is 10.0. The Hall–Kier alpha value is -1.52. The quantitative estimate of drug-likeness (QED) is 0.868. The zero-order valence-electron chi connectivity index (χ0n) is 11.1. The Balaban J connectivity index is 1.76. The van der Waals surface area contributed by atoms with Crippen molar-refractivity contribution >= 4 is 11.0 Å². The summed E-state index contributed by atoms with van der Waals surface area (Å²) in [5.41, 5.74) is 0.455. The molecule has 1 aliphatic rings. The lowest BCUT2D eigenvalue weighted by molar-refractivity contribution is -0.137. The monoisotopic (exact) mass is 282 g/mol. The molecule has 0 amide bonds. The van der Waals surface area contributed by atoms with Gasteiger partial charge in [0.15, 0.2) is 0 Å². The summed E-state index contributed by atoms with van der Waals surface area (Å²) >= 11 is 0. The minimum Gasteiger partial charge on any atom is -0.342 e. The second kappa shape index (κ2) is 5.11. The van der Waals surface area contributed by atoms with Gasteiger partial charge in [0.25, 0.3) is 0 Å². The van der Waals surface area contributed by atoms with Crippen molar-refractivity contribution in [2.24, 2.45) is 5.92 Å². The van der Waals surface area contributed by atoms with Gasteiger partial charge in [-0.2, -0.15) is 13.2 Å². The molecule has 0 spiro atoms. The summed E-state index contributed by atoms with van der Waals surface area (Å²) < 4.78 is 37.9. The number of nitrogens with zero attached hydrogens (tertiary/aromatic N) is 1. The van der Waals surface area contributed by atoms with Gasteiger partial charge in [0, 0.05) is 6.42 Å². The topological polar surface area (TPSA) is 28.7 Å². The molecular formula is C15H17F3N2. The second-order valence-corrected chi connectivity index (χ2v) is 5.60. The van der Waals surface area contributed by atoms with Crippen molar-refractivity contribution in [3.8, 4) is 0 Å². The van der Waals surface area contributed by atoms with Crippen molar-refractivity contribution in [3.63, 3.8) is 0 Å². The number of rotatable bonds is 3. The van der Waals surface area contributed by atoms with Crippen LogP contribution in [0, 0.1) is 5.92 Å². The maximum atomic E-state index is 12.6. The van der Waals surface area contributed by atoms with Gasteiger partial charge in [0.1, 0.15) is 5.82 Å². The van der Waals surface area contributed by atoms with Crippen LogP contribution >= 0.6 is 0 Å². The fraction of sp³-hybridized carbons (Fsp3) is 0.533. The first-order chi connectivity index (χ1) is 9.52. The van der Waals surface area contributed by atoms with Crippen LogP contribution in [0.5, 0.6) is 0 Å². The number of aromatic amines is 1. The van der Waals surface area contributed by atoms with Crippen molar-refractivity contribution in [2.45, 2.75) is 44.7 Å². The number of imidazole rings is 1. The van der Waals surface area contributed by atoms with E-state index in [1.807, 2.05) is 0 Å². The predicted molar refractivity (Wildman–Crippen MR) is 71.4 cm³/mol. The first-order valence-electron chi connectivity index (χ1n) is 7.08. The van der Waals surface area contributed by atoms with E-state index in [1.165, 1.54) is 31.7 Å². The number of nitrogens with one attached hydrogen (secondary N) is 1. The normalized spacial score (nSPS) is 17.1. The Kier molecular flexibility index (Phi) is 3.44. The molecule has 0 saturated heterocycles. The summed E-state index contributed by atoms with van der Waals surface area (Å²) in [6.07, 6.45) is 2.76. The summed E-state index contributed by atoms with van der Waals surface area (Å²) in [5.74, 6) is 1.56. The van der Waals surface area contributed by atoms with Crippen LogP contribution in [-0.2, 0) is 12.6 Å². The maximum absolute atomic E-state index is 12.6. The number of alkyl halides is 3. The van der Waals surface area contributed by atoms with Crippen molar-refractivity contribution in [1.82, 2.24) is 9.97 Å². The van der Waals surface area contributed by atoms with Crippen LogP contribution in [0.4, 0.5) is 13.2 Å². The fourth-order valence-electron chi connectivity index (χ4n) is 3.00. The Bertz CT molecular complexity index is 595. The largest absolute Gasteiger partial charge is 0.416 e. The zero-order valence-corrected chi connectivity index (χ0v) is 11.1. The molecule has 0 unspecified atom stereocenters. The minimum atomic E-state index is -4.30. The number of H-pyrrole nitrogens is 1. The first kappa shape index (κ1) is 13.5. The number of benzene rings is 1. The van der Waals surface area contributed by atoms with Gasteiger partial charge >= 0.3 is 6.18 Å². The van der Waals surface area contributed by atoms with Gasteiger partial charge in [-0.15, -0.1) is 0 Å². The Labute approximate surface area is 115 Å². The highest BCUT2D eigenvalue weighted by molar-refractivity contribution is 5.76. The van der Waals surface area contributed by atoms with Crippen LogP contribution in [0.25, 0.3) is 11.0 Å². The summed E-state index contributed by atoms with van der Waals surface area (Å²) in [4.78, 5) is 7.39. The molecule has 0 bridgehead atoms. The van der Waals surface area contributed by atoms with Crippen LogP contribution in [-0.4, -0.2) is 9.97 Å². The van der Waals surface area contributed by atoms with Gasteiger partial charge in [-0.1, -0.05) is 25.7 Å². The van der Waals surface area contributed by atoms with Crippen LogP contribution in [0.3, 0.4) is 0 Å². The lowest BCUT2D eigenvalue weighted by Crippen LogP contribution is -2.04. The molecule has 20 heavy (non-hydrogen) atoms. The van der Waals surface area contributed by atoms with E-state index in [2.05, 4.69) is 9.97 Å². The van der Waals surface area contributed by atoms with E-state index in [0.717, 1.165) is 36.7 Å². The lowest BCUT2D eigenvalue weighted by Gasteiger charge is -2.06. The molecule has 1 aromatic carbocycles. The van der Waals surface area contributed by atoms with Crippen molar-refractivity contribution in [3.05, 3.63) is 29.6 Å². The van der Waals surface area contributed by atoms with E-state index < -0.39 is 11.7 Å². The van der Waals surface area contributed by atoms with Crippen LogP contribution in [0.2, 0.25) is 0 Å². The molecule has 5 heteroatoms. The molecule has 3 rings (SSSR count). The highest BCUT2D eigenvalue weighted by Gasteiger charge is 2.30. The highest BCUT2D eigenvalue weighted by atomic mass is 19.4. The molecule has 0 aliphatic heterocycles. The molecule has 0 radical (unpaired) electrons. The van der Waals surface area contributed by atoms with Crippen molar-refractivity contribution in [1.29, 1.82) is 0 Å². The minimum absolute atomic E-state index is 0.473. The number of hydrogen-bond donors (Lipinski definition) is 1. The van der Waals surface area contributed by atoms with Gasteiger partial charge in [0.05, 0.1) is 16.6 Å². The number of aryl methyl sites for hydroxylation is 1. The smallest absolute Gasteiger partial charge is 0.342 e. The van der Waals surface area contributed by atoms with E-state index in [-0.39, 0.29) is 0 Å². The first-order valence-corrected chi connectivity index (χ1v) is 7.08. The molecule has 1 saturated carbocycles. The van der Waals surface area contributed by atoms with Crippen LogP contribution in [0.1, 0.15) is 43.5 Å². The van der Waals surface area contributed by atoms with Gasteiger partial charge in [-0.25, -0.2) is 4.98 Å². The molecule has 2 nitrogen and oxygen atoms in total. The molecular weight excluding hydrogens is 265 g/mol. The summed E-state index contributed by atoms with van der Waals surface area (Å²) in [5, 5.41) is 0. The van der Waals surface area contributed by atoms with Gasteiger partial charge in [-0.05, 0) is 30.5 Å². The van der Waals surface area contributed by atoms with Gasteiger partial charge in [-0.3, -0.25) is 0 Å². The van der Waals surface area contributed by atoms with E-state index in [0.29, 0.717) is 11.0 Å². The van der Waals surface area contributed by atoms with Crippen LogP contribution in [0.15, 0.2) is 18.2 Å². The van der Waals surface area contributed by atoms with E-state index in [9.17, 15) is 13.2 Å². The standard InChI is InChI=1S/C15H17F3N2/c16-15(17,18)11-6-7-12-13(9-11)20-14(19-12)8-5-10-3-1-2-4-10/h6-7,9-10H,1-5,8H2,(H,19,20). The average molecular weight is 282 g/mol. The van der Waals surface area contributed by atoms with Gasteiger partial charge < -0.3 is 4.98 Å². The van der Waals surface area contributed by atoms with E-state index in [1.54, 1.807) is 0 Å². The summed E-state index contributed by atoms with van der Waals surface area (Å²) in [6.45, 7) is 0. The molecule has 1 aromatic heterocycles. The van der Waals surface area contributed by atoms with Crippen molar-refractivity contribution < 1.29 is 13.2 Å². The number of aromatic nitrogens is 2. The average Bonchev–Trinajstić information content (AvgIpc) is 3.03. The van der Waals surface area contributed by atoms with Crippen LogP contribution < -0.4 is 0 Å². The number of fused-ring (bicyclic) bond motifs is 1. The molecule has 0 atom stereocenters. The molecule has 1 heterocycles. The van der Waals surface area contributed by atoms with Gasteiger partial charge in [0.2, 0.25) is 0 Å². The molecule has 108 valence electrons. The highest BCUT2D eigenvalue weighted by Crippen LogP contribution is 2.31. The number of hydrogen-bond acceptors (Lipinski definition) is 1.